The van der Waals surface area contributed by atoms with E-state index in [0.717, 1.165) is 0 Å². The first-order valence-corrected chi connectivity index (χ1v) is 6.43. The molecule has 0 saturated carbocycles. The van der Waals surface area contributed by atoms with Gasteiger partial charge in [-0.3, -0.25) is 29.5 Å². The summed E-state index contributed by atoms with van der Waals surface area (Å²) in [5.41, 5.74) is 0. The smallest absolute Gasteiger partial charge is 0.239 e. The number of ketones is 2. The van der Waals surface area contributed by atoms with E-state index in [-0.39, 0.29) is 0 Å². The number of hydrogen-bond donors (Lipinski definition) is 2. The van der Waals surface area contributed by atoms with Gasteiger partial charge >= 0.3 is 0 Å². The summed E-state index contributed by atoms with van der Waals surface area (Å²) in [7, 11) is 0. The highest BCUT2D eigenvalue weighted by Gasteiger charge is 2.22. The van der Waals surface area contributed by atoms with Crippen LogP contribution >= 0.6 is 23.2 Å². The molecule has 22 heavy (non-hydrogen) atoms. The van der Waals surface area contributed by atoms with Gasteiger partial charge in [0.2, 0.25) is 12.7 Å². The molecule has 3 rings (SSSR count). The minimum atomic E-state index is -1.23. The molecule has 0 saturated heterocycles. The Hall–Kier alpha value is -2.58. The van der Waals surface area contributed by atoms with E-state index in [1.165, 1.54) is 0 Å². The van der Waals surface area contributed by atoms with Gasteiger partial charge in [-0.2, -0.15) is 0 Å². The molecule has 0 unspecified atom stereocenters. The molecule has 2 aromatic heterocycles. The molecule has 4 N–H and O–H groups in total. The Kier molecular flexibility index (Phi) is 6.87. The Balaban J connectivity index is 0.000000197. The zero-order valence-electron chi connectivity index (χ0n) is 10.9. The second-order valence-corrected chi connectivity index (χ2v) is 4.32. The zero-order valence-corrected chi connectivity index (χ0v) is 12.4. The molecule has 1 aliphatic carbocycles. The second-order valence-electron chi connectivity index (χ2n) is 3.57. The molecule has 116 valence electrons. The van der Waals surface area contributed by atoms with Crippen molar-refractivity contribution in [2.75, 3.05) is 0 Å². The van der Waals surface area contributed by atoms with Crippen molar-refractivity contribution >= 4 is 34.8 Å². The lowest BCUT2D eigenvalue weighted by Gasteiger charge is -2.23. The number of Topliss-reactive ketones (excluding diaryl/α,β-unsaturated/α-hetero) is 2. The number of allylic oxidation sites excluding steroid dienone is 2. The van der Waals surface area contributed by atoms with E-state index in [1.807, 2.05) is 24.8 Å². The third kappa shape index (κ3) is 4.76. The third-order valence-electron chi connectivity index (χ3n) is 2.09. The van der Waals surface area contributed by atoms with Crippen LogP contribution in [0.4, 0.5) is 0 Å². The number of carbonyl (C=O) groups excluding carboxylic acids is 2. The fourth-order valence-electron chi connectivity index (χ4n) is 1.09. The standard InChI is InChI=1S/C6H2Cl2O4.2C3H4N2/c7-1-3(9)5(11)2(8)6(12)4(1)10;2*1-2-5-3-4-1/h9,12H;2*1-3H,(H,4,5). The van der Waals surface area contributed by atoms with Gasteiger partial charge in [-0.15, -0.1) is 0 Å². The number of aromatic nitrogens is 4. The van der Waals surface area contributed by atoms with Gasteiger partial charge in [-0.25, -0.2) is 0 Å². The highest BCUT2D eigenvalue weighted by Crippen LogP contribution is 2.23. The number of hydrogen-bond acceptors (Lipinski definition) is 4. The number of H-pyrrole nitrogens is 4. The lowest BCUT2D eigenvalue weighted by molar-refractivity contribution is -0.376. The van der Waals surface area contributed by atoms with Crippen molar-refractivity contribution in [2.24, 2.45) is 0 Å². The van der Waals surface area contributed by atoms with Crippen molar-refractivity contribution in [3.63, 3.8) is 0 Å². The van der Waals surface area contributed by atoms with Crippen LogP contribution in [-0.4, -0.2) is 21.5 Å². The predicted molar refractivity (Wildman–Crippen MR) is 70.5 cm³/mol. The second kappa shape index (κ2) is 8.65. The Morgan fingerprint density at radius 2 is 1.18 bits per heavy atom. The first-order valence-electron chi connectivity index (χ1n) is 5.67. The van der Waals surface area contributed by atoms with Crippen molar-refractivity contribution < 1.29 is 29.8 Å². The Labute approximate surface area is 134 Å². The van der Waals surface area contributed by atoms with Gasteiger partial charge in [0.05, 0.1) is 10.1 Å². The number of imidazole rings is 2. The number of carbonyl (C=O) groups is 2. The van der Waals surface area contributed by atoms with Crippen LogP contribution in [0, 0.1) is 0 Å². The van der Waals surface area contributed by atoms with Crippen LogP contribution in [0.15, 0.2) is 59.0 Å². The third-order valence-corrected chi connectivity index (χ3v) is 2.78. The molecule has 0 radical (unpaired) electrons. The molecular weight excluding hydrogens is 335 g/mol. The number of nitrogens with one attached hydrogen (secondary N) is 4. The van der Waals surface area contributed by atoms with Crippen LogP contribution in [0.1, 0.15) is 0 Å². The van der Waals surface area contributed by atoms with Crippen LogP contribution in [0.3, 0.4) is 0 Å². The van der Waals surface area contributed by atoms with Gasteiger partial charge in [0, 0.05) is 0 Å². The molecule has 2 aromatic rings. The highest BCUT2D eigenvalue weighted by atomic mass is 35.5. The van der Waals surface area contributed by atoms with Crippen LogP contribution in [0.25, 0.3) is 0 Å². The summed E-state index contributed by atoms with van der Waals surface area (Å²) in [5, 5.41) is 19.6. The molecule has 10 heteroatoms. The quantitative estimate of drug-likeness (QED) is 0.556. The highest BCUT2D eigenvalue weighted by molar-refractivity contribution is 6.55. The number of rotatable bonds is 0. The molecule has 0 aromatic carbocycles. The molecule has 8 nitrogen and oxygen atoms in total. The van der Waals surface area contributed by atoms with E-state index in [9.17, 15) is 19.8 Å². The minimum Gasteiger partial charge on any atom is -0.869 e. The van der Waals surface area contributed by atoms with Crippen molar-refractivity contribution in [1.29, 1.82) is 0 Å². The summed E-state index contributed by atoms with van der Waals surface area (Å²) < 4.78 is 0. The van der Waals surface area contributed by atoms with Crippen LogP contribution in [0.5, 0.6) is 0 Å². The molecule has 0 atom stereocenters. The summed E-state index contributed by atoms with van der Waals surface area (Å²) in [6.07, 6.45) is 10.8. The monoisotopic (exact) mass is 344 g/mol. The van der Waals surface area contributed by atoms with Crippen molar-refractivity contribution in [1.82, 2.24) is 9.97 Å². The van der Waals surface area contributed by atoms with Gasteiger partial charge in [0.25, 0.3) is 0 Å². The fourth-order valence-corrected chi connectivity index (χ4v) is 1.43. The summed E-state index contributed by atoms with van der Waals surface area (Å²) in [6, 6.07) is 0. The van der Waals surface area contributed by atoms with Crippen molar-refractivity contribution in [2.45, 2.75) is 0 Å². The van der Waals surface area contributed by atoms with E-state index in [2.05, 4.69) is 19.9 Å². The molecule has 0 amide bonds. The van der Waals surface area contributed by atoms with Gasteiger partial charge in [-0.1, -0.05) is 23.2 Å². The molecule has 0 aliphatic heterocycles. The lowest BCUT2D eigenvalue weighted by atomic mass is 10.1. The first-order chi connectivity index (χ1) is 10.5. The van der Waals surface area contributed by atoms with Gasteiger partial charge in [0.1, 0.15) is 24.8 Å². The SMILES string of the molecule is O=C1C([O-])=C(Cl)C(=O)C([O-])=C1Cl.c1c[nH+]c[nH]1.c1c[nH+]c[nH]1. The van der Waals surface area contributed by atoms with Crippen LogP contribution < -0.4 is 20.2 Å². The molecule has 0 bridgehead atoms. The summed E-state index contributed by atoms with van der Waals surface area (Å²) in [4.78, 5) is 32.6. The fraction of sp³-hybridized carbons (Fsp3) is 0. The zero-order chi connectivity index (χ0) is 16.5. The molecule has 1 aliphatic rings. The maximum Gasteiger partial charge on any atom is 0.239 e. The van der Waals surface area contributed by atoms with E-state index < -0.39 is 33.1 Å². The molecule has 2 heterocycles. The summed E-state index contributed by atoms with van der Waals surface area (Å²) >= 11 is 10.2. The molecule has 0 fully saturated rings. The predicted octanol–water partition coefficient (Wildman–Crippen LogP) is -1.58. The van der Waals surface area contributed by atoms with Gasteiger partial charge in [-0.05, 0) is 11.5 Å². The minimum absolute atomic E-state index is 0.894. The summed E-state index contributed by atoms with van der Waals surface area (Å²) in [5.74, 6) is -4.92. The normalized spacial score (nSPS) is 14.1. The van der Waals surface area contributed by atoms with Crippen molar-refractivity contribution in [3.05, 3.63) is 59.0 Å². The Morgan fingerprint density at radius 3 is 1.36 bits per heavy atom. The van der Waals surface area contributed by atoms with Gasteiger partial charge in [0.15, 0.2) is 11.6 Å². The number of halogens is 2. The summed E-state index contributed by atoms with van der Waals surface area (Å²) in [6.45, 7) is 0. The Morgan fingerprint density at radius 1 is 0.818 bits per heavy atom. The first kappa shape index (κ1) is 17.5. The van der Waals surface area contributed by atoms with E-state index in [4.69, 9.17) is 23.2 Å². The lowest BCUT2D eigenvalue weighted by Crippen LogP contribution is -2.31. The van der Waals surface area contributed by atoms with E-state index in [0.29, 0.717) is 0 Å². The average molecular weight is 345 g/mol. The molecule has 0 spiro atoms. The van der Waals surface area contributed by atoms with E-state index >= 15 is 0 Å². The van der Waals surface area contributed by atoms with Crippen molar-refractivity contribution in [3.8, 4) is 0 Å². The Bertz CT molecular complexity index is 555. The molecular formula is C12H10Cl2N4O4. The largest absolute Gasteiger partial charge is 0.869 e. The topological polar surface area (TPSA) is 140 Å². The van der Waals surface area contributed by atoms with Crippen LogP contribution in [-0.2, 0) is 9.59 Å². The maximum atomic E-state index is 10.7. The van der Waals surface area contributed by atoms with Gasteiger partial charge < -0.3 is 10.2 Å². The maximum absolute atomic E-state index is 10.7. The van der Waals surface area contributed by atoms with Crippen LogP contribution in [0.2, 0.25) is 0 Å². The number of aromatic amines is 4. The van der Waals surface area contributed by atoms with E-state index in [1.54, 1.807) is 12.7 Å². The average Bonchev–Trinajstić information content (AvgIpc) is 3.26.